The summed E-state index contributed by atoms with van der Waals surface area (Å²) in [6.45, 7) is 10.7. The standard InChI is InChI=1S/C15H29N3O2/c1-10(2)17-15(14(16)19,13-5-6-13)9-18-7-11(3)20-12(4)8-18/h10-13,17H,5-9H2,1-4H3,(H2,16,19)/t11-,12+,15?. The van der Waals surface area contributed by atoms with Crippen molar-refractivity contribution in [1.29, 1.82) is 0 Å². The summed E-state index contributed by atoms with van der Waals surface area (Å²) in [5, 5.41) is 3.47. The maximum atomic E-state index is 12.2. The summed E-state index contributed by atoms with van der Waals surface area (Å²) in [5.41, 5.74) is 5.21. The summed E-state index contributed by atoms with van der Waals surface area (Å²) in [4.78, 5) is 14.5. The molecule has 0 aromatic carbocycles. The van der Waals surface area contributed by atoms with Crippen LogP contribution in [-0.2, 0) is 9.53 Å². The van der Waals surface area contributed by atoms with Gasteiger partial charge < -0.3 is 10.5 Å². The summed E-state index contributed by atoms with van der Waals surface area (Å²) in [5.74, 6) is 0.177. The van der Waals surface area contributed by atoms with Crippen molar-refractivity contribution >= 4 is 5.91 Å². The number of morpholine rings is 1. The Labute approximate surface area is 122 Å². The van der Waals surface area contributed by atoms with Gasteiger partial charge >= 0.3 is 0 Å². The van der Waals surface area contributed by atoms with Crippen LogP contribution in [0.15, 0.2) is 0 Å². The van der Waals surface area contributed by atoms with E-state index in [-0.39, 0.29) is 24.2 Å². The molecule has 116 valence electrons. The SMILES string of the molecule is CC(C)NC(CN1C[C@@H](C)O[C@@H](C)C1)(C(N)=O)C1CC1. The van der Waals surface area contributed by atoms with Crippen LogP contribution >= 0.6 is 0 Å². The Morgan fingerprint density at radius 1 is 1.35 bits per heavy atom. The number of nitrogens with two attached hydrogens (primary N) is 1. The third kappa shape index (κ3) is 3.51. The molecule has 20 heavy (non-hydrogen) atoms. The second kappa shape index (κ2) is 6.00. The van der Waals surface area contributed by atoms with Gasteiger partial charge in [0, 0.05) is 25.7 Å². The van der Waals surface area contributed by atoms with Gasteiger partial charge in [-0.3, -0.25) is 15.0 Å². The average molecular weight is 283 g/mol. The van der Waals surface area contributed by atoms with Crippen LogP contribution in [0.25, 0.3) is 0 Å². The fourth-order valence-electron chi connectivity index (χ4n) is 3.50. The normalized spacial score (nSPS) is 31.2. The molecule has 3 atom stereocenters. The molecule has 1 heterocycles. The zero-order chi connectivity index (χ0) is 14.9. The number of carbonyl (C=O) groups is 1. The highest BCUT2D eigenvalue weighted by atomic mass is 16.5. The zero-order valence-electron chi connectivity index (χ0n) is 13.2. The number of primary amides is 1. The second-order valence-corrected chi connectivity index (χ2v) is 6.86. The molecule has 5 nitrogen and oxygen atoms in total. The third-order valence-electron chi connectivity index (χ3n) is 4.23. The minimum Gasteiger partial charge on any atom is -0.373 e. The minimum atomic E-state index is -0.578. The van der Waals surface area contributed by atoms with Crippen molar-refractivity contribution in [3.8, 4) is 0 Å². The highest BCUT2D eigenvalue weighted by molar-refractivity contribution is 5.86. The fraction of sp³-hybridized carbons (Fsp3) is 0.933. The molecule has 0 aromatic heterocycles. The van der Waals surface area contributed by atoms with Crippen molar-refractivity contribution in [2.24, 2.45) is 11.7 Å². The molecule has 1 aliphatic heterocycles. The first-order chi connectivity index (χ1) is 9.33. The van der Waals surface area contributed by atoms with E-state index in [4.69, 9.17) is 10.5 Å². The van der Waals surface area contributed by atoms with Crippen LogP contribution in [0.5, 0.6) is 0 Å². The molecule has 1 unspecified atom stereocenters. The first-order valence-corrected chi connectivity index (χ1v) is 7.79. The molecule has 1 amide bonds. The molecule has 1 saturated heterocycles. The molecule has 2 fully saturated rings. The molecule has 0 bridgehead atoms. The average Bonchev–Trinajstić information content (AvgIpc) is 3.09. The molecule has 1 saturated carbocycles. The molecule has 0 radical (unpaired) electrons. The number of hydrogen-bond acceptors (Lipinski definition) is 4. The van der Waals surface area contributed by atoms with Gasteiger partial charge in [0.25, 0.3) is 0 Å². The molecule has 0 spiro atoms. The Hall–Kier alpha value is -0.650. The number of hydrogen-bond donors (Lipinski definition) is 2. The first-order valence-electron chi connectivity index (χ1n) is 7.79. The molecule has 2 aliphatic rings. The van der Waals surface area contributed by atoms with Crippen LogP contribution in [0.1, 0.15) is 40.5 Å². The lowest BCUT2D eigenvalue weighted by Crippen LogP contribution is -2.66. The minimum absolute atomic E-state index is 0.208. The predicted octanol–water partition coefficient (Wildman–Crippen LogP) is 0.728. The van der Waals surface area contributed by atoms with Gasteiger partial charge in [-0.2, -0.15) is 0 Å². The van der Waals surface area contributed by atoms with Gasteiger partial charge in [-0.1, -0.05) is 0 Å². The van der Waals surface area contributed by atoms with Crippen LogP contribution < -0.4 is 11.1 Å². The second-order valence-electron chi connectivity index (χ2n) is 6.86. The Balaban J connectivity index is 2.12. The van der Waals surface area contributed by atoms with E-state index >= 15 is 0 Å². The topological polar surface area (TPSA) is 67.6 Å². The number of nitrogens with zero attached hydrogens (tertiary/aromatic N) is 1. The van der Waals surface area contributed by atoms with Crippen molar-refractivity contribution in [2.45, 2.75) is 64.3 Å². The summed E-state index contributed by atoms with van der Waals surface area (Å²) < 4.78 is 5.77. The summed E-state index contributed by atoms with van der Waals surface area (Å²) in [6.07, 6.45) is 2.61. The highest BCUT2D eigenvalue weighted by Gasteiger charge is 2.51. The molecule has 1 aliphatic carbocycles. The predicted molar refractivity (Wildman–Crippen MR) is 79.4 cm³/mol. The van der Waals surface area contributed by atoms with Crippen LogP contribution in [0.4, 0.5) is 0 Å². The van der Waals surface area contributed by atoms with E-state index in [0.29, 0.717) is 12.5 Å². The molecule has 2 rings (SSSR count). The smallest absolute Gasteiger partial charge is 0.239 e. The summed E-state index contributed by atoms with van der Waals surface area (Å²) in [6, 6.07) is 0.249. The van der Waals surface area contributed by atoms with E-state index in [1.807, 2.05) is 0 Å². The van der Waals surface area contributed by atoms with Crippen LogP contribution in [0, 0.1) is 5.92 Å². The van der Waals surface area contributed by atoms with Gasteiger partial charge in [-0.25, -0.2) is 0 Å². The van der Waals surface area contributed by atoms with E-state index in [0.717, 1.165) is 25.9 Å². The number of ether oxygens (including phenoxy) is 1. The zero-order valence-corrected chi connectivity index (χ0v) is 13.2. The van der Waals surface area contributed by atoms with E-state index < -0.39 is 5.54 Å². The Morgan fingerprint density at radius 3 is 2.30 bits per heavy atom. The molecular formula is C15H29N3O2. The Kier molecular flexibility index (Phi) is 4.72. The van der Waals surface area contributed by atoms with Crippen molar-refractivity contribution in [3.63, 3.8) is 0 Å². The maximum Gasteiger partial charge on any atom is 0.239 e. The quantitative estimate of drug-likeness (QED) is 0.754. The summed E-state index contributed by atoms with van der Waals surface area (Å²) in [7, 11) is 0. The van der Waals surface area contributed by atoms with Crippen LogP contribution in [-0.4, -0.2) is 54.2 Å². The lowest BCUT2D eigenvalue weighted by molar-refractivity contribution is -0.129. The third-order valence-corrected chi connectivity index (χ3v) is 4.23. The fourth-order valence-corrected chi connectivity index (χ4v) is 3.50. The molecule has 5 heteroatoms. The van der Waals surface area contributed by atoms with E-state index in [2.05, 4.69) is 37.9 Å². The largest absolute Gasteiger partial charge is 0.373 e. The molecule has 0 aromatic rings. The Morgan fingerprint density at radius 2 is 1.90 bits per heavy atom. The van der Waals surface area contributed by atoms with Crippen LogP contribution in [0.2, 0.25) is 0 Å². The highest BCUT2D eigenvalue weighted by Crippen LogP contribution is 2.40. The van der Waals surface area contributed by atoms with E-state index in [1.54, 1.807) is 0 Å². The van der Waals surface area contributed by atoms with E-state index in [9.17, 15) is 4.79 Å². The molecular weight excluding hydrogens is 254 g/mol. The van der Waals surface area contributed by atoms with Gasteiger partial charge in [0.2, 0.25) is 5.91 Å². The van der Waals surface area contributed by atoms with E-state index in [1.165, 1.54) is 0 Å². The van der Waals surface area contributed by atoms with Gasteiger partial charge in [-0.05, 0) is 46.5 Å². The van der Waals surface area contributed by atoms with Gasteiger partial charge in [0.1, 0.15) is 5.54 Å². The Bertz CT molecular complexity index is 347. The van der Waals surface area contributed by atoms with Gasteiger partial charge in [-0.15, -0.1) is 0 Å². The number of carbonyl (C=O) groups excluding carboxylic acids is 1. The lowest BCUT2D eigenvalue weighted by Gasteiger charge is -2.42. The van der Waals surface area contributed by atoms with Crippen molar-refractivity contribution in [2.75, 3.05) is 19.6 Å². The number of nitrogens with one attached hydrogen (secondary N) is 1. The van der Waals surface area contributed by atoms with Crippen molar-refractivity contribution < 1.29 is 9.53 Å². The maximum absolute atomic E-state index is 12.2. The van der Waals surface area contributed by atoms with Gasteiger partial charge in [0.15, 0.2) is 0 Å². The summed E-state index contributed by atoms with van der Waals surface area (Å²) >= 11 is 0. The van der Waals surface area contributed by atoms with Crippen molar-refractivity contribution in [1.82, 2.24) is 10.2 Å². The monoisotopic (exact) mass is 283 g/mol. The lowest BCUT2D eigenvalue weighted by atomic mass is 9.89. The number of rotatable bonds is 6. The van der Waals surface area contributed by atoms with Gasteiger partial charge in [0.05, 0.1) is 12.2 Å². The van der Waals surface area contributed by atoms with Crippen molar-refractivity contribution in [3.05, 3.63) is 0 Å². The molecule has 3 N–H and O–H groups in total. The van der Waals surface area contributed by atoms with Crippen LogP contribution in [0.3, 0.4) is 0 Å². The first kappa shape index (κ1) is 15.7. The number of amides is 1.